The number of ketones is 1. The second-order valence-electron chi connectivity index (χ2n) is 4.49. The summed E-state index contributed by atoms with van der Waals surface area (Å²) < 4.78 is 26.1. The zero-order chi connectivity index (χ0) is 11.7. The van der Waals surface area contributed by atoms with E-state index in [-0.39, 0.29) is 17.6 Å². The van der Waals surface area contributed by atoms with Gasteiger partial charge >= 0.3 is 0 Å². The molecule has 0 amide bonds. The lowest BCUT2D eigenvalue weighted by Crippen LogP contribution is -2.13. The molecule has 1 fully saturated rings. The third-order valence-electron chi connectivity index (χ3n) is 3.47. The minimum atomic E-state index is -0.559. The molecule has 0 bridgehead atoms. The first-order valence-corrected chi connectivity index (χ1v) is 5.54. The first kappa shape index (κ1) is 11.2. The molecule has 0 aliphatic heterocycles. The maximum absolute atomic E-state index is 13.4. The summed E-state index contributed by atoms with van der Waals surface area (Å²) in [6.07, 6.45) is 1.94. The van der Waals surface area contributed by atoms with Gasteiger partial charge in [-0.3, -0.25) is 4.79 Å². The van der Waals surface area contributed by atoms with Crippen LogP contribution in [0, 0.1) is 23.5 Å². The molecule has 0 heterocycles. The van der Waals surface area contributed by atoms with Crippen molar-refractivity contribution < 1.29 is 13.6 Å². The van der Waals surface area contributed by atoms with Crippen molar-refractivity contribution in [1.29, 1.82) is 0 Å². The average molecular weight is 224 g/mol. The van der Waals surface area contributed by atoms with Gasteiger partial charge in [-0.25, -0.2) is 8.78 Å². The topological polar surface area (TPSA) is 17.1 Å². The Hall–Kier alpha value is -1.25. The molecule has 0 aromatic heterocycles. The molecule has 2 atom stereocenters. The van der Waals surface area contributed by atoms with Gasteiger partial charge in [-0.2, -0.15) is 0 Å². The minimum Gasteiger partial charge on any atom is -0.299 e. The molecule has 1 nitrogen and oxygen atoms in total. The van der Waals surface area contributed by atoms with Crippen LogP contribution in [0.25, 0.3) is 0 Å². The van der Waals surface area contributed by atoms with E-state index in [9.17, 15) is 13.6 Å². The van der Waals surface area contributed by atoms with Crippen LogP contribution in [0.3, 0.4) is 0 Å². The summed E-state index contributed by atoms with van der Waals surface area (Å²) in [6.45, 7) is 1.89. The summed E-state index contributed by atoms with van der Waals surface area (Å²) in [5, 5.41) is 0. The first-order chi connectivity index (χ1) is 7.58. The molecular formula is C13H14F2O. The molecule has 2 unspecified atom stereocenters. The Balaban J connectivity index is 2.12. The highest BCUT2D eigenvalue weighted by Gasteiger charge is 2.31. The van der Waals surface area contributed by atoms with Gasteiger partial charge in [-0.1, -0.05) is 13.0 Å². The highest BCUT2D eigenvalue weighted by Crippen LogP contribution is 2.31. The second-order valence-corrected chi connectivity index (χ2v) is 4.49. The van der Waals surface area contributed by atoms with E-state index in [1.807, 2.05) is 6.92 Å². The molecule has 16 heavy (non-hydrogen) atoms. The average Bonchev–Trinajstić information content (AvgIpc) is 2.54. The molecular weight excluding hydrogens is 210 g/mol. The fourth-order valence-electron chi connectivity index (χ4n) is 2.32. The van der Waals surface area contributed by atoms with Crippen LogP contribution in [0.15, 0.2) is 18.2 Å². The maximum Gasteiger partial charge on any atom is 0.135 e. The quantitative estimate of drug-likeness (QED) is 0.754. The molecule has 1 aromatic carbocycles. The highest BCUT2D eigenvalue weighted by molar-refractivity contribution is 5.83. The molecule has 1 saturated carbocycles. The molecule has 3 heteroatoms. The fourth-order valence-corrected chi connectivity index (χ4v) is 2.32. The van der Waals surface area contributed by atoms with E-state index in [1.165, 1.54) is 12.1 Å². The lowest BCUT2D eigenvalue weighted by Gasteiger charge is -2.14. The van der Waals surface area contributed by atoms with E-state index >= 15 is 0 Å². The van der Waals surface area contributed by atoms with Crippen molar-refractivity contribution in [2.45, 2.75) is 26.2 Å². The number of carbonyl (C=O) groups is 1. The van der Waals surface area contributed by atoms with Gasteiger partial charge in [0.1, 0.15) is 17.4 Å². The Kier molecular flexibility index (Phi) is 3.03. The molecule has 1 aliphatic carbocycles. The lowest BCUT2D eigenvalue weighted by molar-refractivity contribution is -0.120. The van der Waals surface area contributed by atoms with Gasteiger partial charge in [0, 0.05) is 18.4 Å². The van der Waals surface area contributed by atoms with Gasteiger partial charge < -0.3 is 0 Å². The molecule has 0 spiro atoms. The fraction of sp³-hybridized carbons (Fsp3) is 0.462. The predicted octanol–water partition coefficient (Wildman–Crippen LogP) is 3.12. The van der Waals surface area contributed by atoms with Crippen molar-refractivity contribution in [3.8, 4) is 0 Å². The second kappa shape index (κ2) is 4.32. The largest absolute Gasteiger partial charge is 0.299 e. The number of hydrogen-bond donors (Lipinski definition) is 0. The van der Waals surface area contributed by atoms with Crippen LogP contribution >= 0.6 is 0 Å². The summed E-state index contributed by atoms with van der Waals surface area (Å²) in [7, 11) is 0. The Morgan fingerprint density at radius 1 is 1.38 bits per heavy atom. The van der Waals surface area contributed by atoms with Crippen molar-refractivity contribution in [3.05, 3.63) is 35.4 Å². The Bertz CT molecular complexity index is 414. The van der Waals surface area contributed by atoms with Crippen LogP contribution in [0.5, 0.6) is 0 Å². The van der Waals surface area contributed by atoms with Crippen molar-refractivity contribution in [2.24, 2.45) is 11.8 Å². The highest BCUT2D eigenvalue weighted by atomic mass is 19.1. The number of benzene rings is 1. The molecule has 0 N–H and O–H groups in total. The molecule has 0 saturated heterocycles. The Morgan fingerprint density at radius 3 is 2.69 bits per heavy atom. The van der Waals surface area contributed by atoms with Crippen LogP contribution in [-0.4, -0.2) is 5.78 Å². The smallest absolute Gasteiger partial charge is 0.135 e. The normalized spacial score (nSPS) is 25.1. The van der Waals surface area contributed by atoms with Crippen LogP contribution in [-0.2, 0) is 11.2 Å². The molecule has 1 aliphatic rings. The number of Topliss-reactive ketones (excluding diaryl/α,β-unsaturated/α-hetero) is 1. The first-order valence-electron chi connectivity index (χ1n) is 5.54. The zero-order valence-electron chi connectivity index (χ0n) is 9.17. The number of halogens is 2. The van der Waals surface area contributed by atoms with Crippen LogP contribution in [0.2, 0.25) is 0 Å². The van der Waals surface area contributed by atoms with Crippen molar-refractivity contribution in [3.63, 3.8) is 0 Å². The minimum absolute atomic E-state index is 0.00412. The summed E-state index contributed by atoms with van der Waals surface area (Å²) in [6, 6.07) is 3.64. The summed E-state index contributed by atoms with van der Waals surface area (Å²) >= 11 is 0. The van der Waals surface area contributed by atoms with Gasteiger partial charge in [0.15, 0.2) is 0 Å². The Morgan fingerprint density at radius 2 is 2.12 bits per heavy atom. The third-order valence-corrected chi connectivity index (χ3v) is 3.47. The van der Waals surface area contributed by atoms with E-state index in [4.69, 9.17) is 0 Å². The van der Waals surface area contributed by atoms with E-state index < -0.39 is 11.6 Å². The third kappa shape index (κ3) is 2.13. The molecule has 2 rings (SSSR count). The van der Waals surface area contributed by atoms with Gasteiger partial charge in [0.2, 0.25) is 0 Å². The monoisotopic (exact) mass is 224 g/mol. The van der Waals surface area contributed by atoms with Crippen LogP contribution in [0.1, 0.15) is 25.3 Å². The predicted molar refractivity (Wildman–Crippen MR) is 57.0 cm³/mol. The van der Waals surface area contributed by atoms with Crippen molar-refractivity contribution >= 4 is 5.78 Å². The number of rotatable bonds is 2. The van der Waals surface area contributed by atoms with Gasteiger partial charge in [-0.05, 0) is 30.4 Å². The zero-order valence-corrected chi connectivity index (χ0v) is 9.17. The van der Waals surface area contributed by atoms with Crippen molar-refractivity contribution in [1.82, 2.24) is 0 Å². The summed E-state index contributed by atoms with van der Waals surface area (Å²) in [5.74, 6) is -0.604. The maximum atomic E-state index is 13.4. The van der Waals surface area contributed by atoms with Crippen LogP contribution < -0.4 is 0 Å². The number of carbonyl (C=O) groups excluding carboxylic acids is 1. The van der Waals surface area contributed by atoms with E-state index in [1.54, 1.807) is 0 Å². The summed E-state index contributed by atoms with van der Waals surface area (Å²) in [4.78, 5) is 11.4. The van der Waals surface area contributed by atoms with E-state index in [0.29, 0.717) is 18.4 Å². The van der Waals surface area contributed by atoms with Gasteiger partial charge in [0.25, 0.3) is 0 Å². The standard InChI is InChI=1S/C13H14F2O/c1-8-9(3-5-13(8)16)6-10-2-4-11(14)7-12(10)15/h2,4,7-9H,3,5-6H2,1H3. The van der Waals surface area contributed by atoms with E-state index in [2.05, 4.69) is 0 Å². The SMILES string of the molecule is CC1C(=O)CCC1Cc1ccc(F)cc1F. The Labute approximate surface area is 93.5 Å². The van der Waals surface area contributed by atoms with Crippen LogP contribution in [0.4, 0.5) is 8.78 Å². The summed E-state index contributed by atoms with van der Waals surface area (Å²) in [5.41, 5.74) is 0.507. The molecule has 86 valence electrons. The van der Waals surface area contributed by atoms with Gasteiger partial charge in [0.05, 0.1) is 0 Å². The lowest BCUT2D eigenvalue weighted by atomic mass is 9.90. The van der Waals surface area contributed by atoms with E-state index in [0.717, 1.165) is 12.5 Å². The number of hydrogen-bond acceptors (Lipinski definition) is 1. The molecule has 1 aromatic rings. The molecule has 0 radical (unpaired) electrons. The van der Waals surface area contributed by atoms with Crippen molar-refractivity contribution in [2.75, 3.05) is 0 Å². The van der Waals surface area contributed by atoms with Gasteiger partial charge in [-0.15, -0.1) is 0 Å².